The fourth-order valence-corrected chi connectivity index (χ4v) is 2.42. The zero-order valence-electron chi connectivity index (χ0n) is 9.97. The van der Waals surface area contributed by atoms with Crippen molar-refractivity contribution in [2.45, 2.75) is 31.8 Å². The first-order valence-electron chi connectivity index (χ1n) is 6.13. The molecule has 0 aromatic heterocycles. The van der Waals surface area contributed by atoms with Crippen molar-refractivity contribution >= 4 is 0 Å². The molecule has 1 saturated heterocycles. The predicted octanol–water partition coefficient (Wildman–Crippen LogP) is 2.37. The quantitative estimate of drug-likeness (QED) is 0.847. The SMILES string of the molecule is CCNC1CCN[C@H](c2cccc(F)c2F)C1. The van der Waals surface area contributed by atoms with Crippen LogP contribution < -0.4 is 10.6 Å². The monoisotopic (exact) mass is 240 g/mol. The minimum Gasteiger partial charge on any atom is -0.314 e. The second-order valence-corrected chi connectivity index (χ2v) is 4.43. The Hall–Kier alpha value is -1.00. The van der Waals surface area contributed by atoms with Crippen molar-refractivity contribution in [2.24, 2.45) is 0 Å². The number of hydrogen-bond donors (Lipinski definition) is 2. The van der Waals surface area contributed by atoms with E-state index < -0.39 is 11.6 Å². The third kappa shape index (κ3) is 2.82. The summed E-state index contributed by atoms with van der Waals surface area (Å²) in [6.07, 6.45) is 1.83. The van der Waals surface area contributed by atoms with Gasteiger partial charge in [0.15, 0.2) is 11.6 Å². The third-order valence-electron chi connectivity index (χ3n) is 3.25. The zero-order valence-corrected chi connectivity index (χ0v) is 9.97. The summed E-state index contributed by atoms with van der Waals surface area (Å²) >= 11 is 0. The summed E-state index contributed by atoms with van der Waals surface area (Å²) in [6, 6.07) is 4.66. The highest BCUT2D eigenvalue weighted by molar-refractivity contribution is 5.23. The standard InChI is InChI=1S/C13H18F2N2/c1-2-16-9-6-7-17-12(8-9)10-4-3-5-11(14)13(10)15/h3-5,9,12,16-17H,2,6-8H2,1H3/t9?,12-/m0/s1. The molecule has 2 N–H and O–H groups in total. The van der Waals surface area contributed by atoms with Crippen LogP contribution in [0.5, 0.6) is 0 Å². The molecule has 0 radical (unpaired) electrons. The highest BCUT2D eigenvalue weighted by Gasteiger charge is 2.25. The lowest BCUT2D eigenvalue weighted by Crippen LogP contribution is -2.42. The molecule has 2 rings (SSSR count). The molecule has 1 aromatic rings. The maximum Gasteiger partial charge on any atom is 0.163 e. The van der Waals surface area contributed by atoms with Crippen LogP contribution in [0.3, 0.4) is 0 Å². The van der Waals surface area contributed by atoms with E-state index in [-0.39, 0.29) is 6.04 Å². The first-order chi connectivity index (χ1) is 8.22. The van der Waals surface area contributed by atoms with Crippen molar-refractivity contribution in [1.82, 2.24) is 10.6 Å². The summed E-state index contributed by atoms with van der Waals surface area (Å²) in [6.45, 7) is 3.79. The summed E-state index contributed by atoms with van der Waals surface area (Å²) in [5.74, 6) is -1.49. The largest absolute Gasteiger partial charge is 0.314 e. The number of halogens is 2. The maximum atomic E-state index is 13.7. The van der Waals surface area contributed by atoms with Gasteiger partial charge in [-0.15, -0.1) is 0 Å². The van der Waals surface area contributed by atoms with Gasteiger partial charge in [-0.05, 0) is 32.0 Å². The molecule has 0 amide bonds. The normalized spacial score (nSPS) is 24.9. The van der Waals surface area contributed by atoms with Crippen molar-refractivity contribution in [3.8, 4) is 0 Å². The summed E-state index contributed by atoms with van der Waals surface area (Å²) < 4.78 is 26.8. The van der Waals surface area contributed by atoms with Crippen LogP contribution in [-0.2, 0) is 0 Å². The first-order valence-corrected chi connectivity index (χ1v) is 6.13. The molecule has 4 heteroatoms. The summed E-state index contributed by atoms with van der Waals surface area (Å²) in [4.78, 5) is 0. The highest BCUT2D eigenvalue weighted by atomic mass is 19.2. The molecule has 1 heterocycles. The van der Waals surface area contributed by atoms with Crippen LogP contribution in [0, 0.1) is 11.6 Å². The molecule has 1 fully saturated rings. The maximum absolute atomic E-state index is 13.7. The number of hydrogen-bond acceptors (Lipinski definition) is 2. The minimum atomic E-state index is -0.769. The van der Waals surface area contributed by atoms with Crippen molar-refractivity contribution in [3.05, 3.63) is 35.4 Å². The van der Waals surface area contributed by atoms with E-state index in [1.165, 1.54) is 0 Å². The Labute approximate surface area is 100 Å². The second kappa shape index (κ2) is 5.56. The molecule has 2 nitrogen and oxygen atoms in total. The lowest BCUT2D eigenvalue weighted by molar-refractivity contribution is 0.319. The number of rotatable bonds is 3. The Morgan fingerprint density at radius 3 is 3.00 bits per heavy atom. The van der Waals surface area contributed by atoms with Gasteiger partial charge < -0.3 is 10.6 Å². The molecule has 94 valence electrons. The van der Waals surface area contributed by atoms with Crippen LogP contribution in [0.4, 0.5) is 8.78 Å². The second-order valence-electron chi connectivity index (χ2n) is 4.43. The van der Waals surface area contributed by atoms with Crippen LogP contribution in [0.25, 0.3) is 0 Å². The van der Waals surface area contributed by atoms with Crippen molar-refractivity contribution in [3.63, 3.8) is 0 Å². The van der Waals surface area contributed by atoms with E-state index >= 15 is 0 Å². The predicted molar refractivity (Wildman–Crippen MR) is 63.8 cm³/mol. The number of benzene rings is 1. The van der Waals surface area contributed by atoms with E-state index in [2.05, 4.69) is 17.6 Å². The van der Waals surface area contributed by atoms with Crippen LogP contribution in [0.1, 0.15) is 31.4 Å². The van der Waals surface area contributed by atoms with Gasteiger partial charge in [0.25, 0.3) is 0 Å². The zero-order chi connectivity index (χ0) is 12.3. The topological polar surface area (TPSA) is 24.1 Å². The van der Waals surface area contributed by atoms with Gasteiger partial charge in [0, 0.05) is 17.6 Å². The molecule has 1 aliphatic rings. The van der Waals surface area contributed by atoms with Gasteiger partial charge >= 0.3 is 0 Å². The average molecular weight is 240 g/mol. The number of piperidine rings is 1. The van der Waals surface area contributed by atoms with Gasteiger partial charge in [-0.25, -0.2) is 8.78 Å². The van der Waals surface area contributed by atoms with Gasteiger partial charge in [0.05, 0.1) is 0 Å². The van der Waals surface area contributed by atoms with Gasteiger partial charge in [-0.1, -0.05) is 19.1 Å². The van der Waals surface area contributed by atoms with Crippen molar-refractivity contribution in [2.75, 3.05) is 13.1 Å². The molecule has 1 aromatic carbocycles. The molecule has 0 bridgehead atoms. The van der Waals surface area contributed by atoms with E-state index in [0.717, 1.165) is 32.0 Å². The Bertz CT molecular complexity index is 380. The molecule has 2 atom stereocenters. The van der Waals surface area contributed by atoms with E-state index in [1.807, 2.05) is 0 Å². The molecule has 0 saturated carbocycles. The van der Waals surface area contributed by atoms with Gasteiger partial charge in [0.1, 0.15) is 0 Å². The van der Waals surface area contributed by atoms with Crippen LogP contribution in [0.2, 0.25) is 0 Å². The molecule has 0 spiro atoms. The molecular weight excluding hydrogens is 222 g/mol. The smallest absolute Gasteiger partial charge is 0.163 e. The lowest BCUT2D eigenvalue weighted by atomic mass is 9.93. The van der Waals surface area contributed by atoms with E-state index in [0.29, 0.717) is 11.6 Å². The molecule has 0 aliphatic carbocycles. The molecular formula is C13H18F2N2. The van der Waals surface area contributed by atoms with Gasteiger partial charge in [-0.2, -0.15) is 0 Å². The Balaban J connectivity index is 2.13. The van der Waals surface area contributed by atoms with E-state index in [1.54, 1.807) is 12.1 Å². The molecule has 1 unspecified atom stereocenters. The van der Waals surface area contributed by atoms with Crippen LogP contribution in [-0.4, -0.2) is 19.1 Å². The number of nitrogens with one attached hydrogen (secondary N) is 2. The Morgan fingerprint density at radius 1 is 1.41 bits per heavy atom. The highest BCUT2D eigenvalue weighted by Crippen LogP contribution is 2.26. The van der Waals surface area contributed by atoms with Gasteiger partial charge in [-0.3, -0.25) is 0 Å². The minimum absolute atomic E-state index is 0.0940. The molecule has 17 heavy (non-hydrogen) atoms. The van der Waals surface area contributed by atoms with Crippen molar-refractivity contribution < 1.29 is 8.78 Å². The van der Waals surface area contributed by atoms with Crippen LogP contribution in [0.15, 0.2) is 18.2 Å². The van der Waals surface area contributed by atoms with Crippen LogP contribution >= 0.6 is 0 Å². The summed E-state index contributed by atoms with van der Waals surface area (Å²) in [5, 5.41) is 6.61. The molecule has 1 aliphatic heterocycles. The Morgan fingerprint density at radius 2 is 2.24 bits per heavy atom. The first kappa shape index (κ1) is 12.5. The van der Waals surface area contributed by atoms with E-state index in [4.69, 9.17) is 0 Å². The summed E-state index contributed by atoms with van der Waals surface area (Å²) in [5.41, 5.74) is 0.438. The van der Waals surface area contributed by atoms with Crippen molar-refractivity contribution in [1.29, 1.82) is 0 Å². The lowest BCUT2D eigenvalue weighted by Gasteiger charge is -2.31. The Kier molecular flexibility index (Phi) is 4.07. The third-order valence-corrected chi connectivity index (χ3v) is 3.25. The van der Waals surface area contributed by atoms with E-state index in [9.17, 15) is 8.78 Å². The fraction of sp³-hybridized carbons (Fsp3) is 0.538. The fourth-order valence-electron chi connectivity index (χ4n) is 2.42. The average Bonchev–Trinajstić information content (AvgIpc) is 2.33. The van der Waals surface area contributed by atoms with Gasteiger partial charge in [0.2, 0.25) is 0 Å². The summed E-state index contributed by atoms with van der Waals surface area (Å²) in [7, 11) is 0.